The van der Waals surface area contributed by atoms with Gasteiger partial charge in [-0.05, 0) is 25.1 Å². The zero-order valence-electron chi connectivity index (χ0n) is 10.1. The van der Waals surface area contributed by atoms with Gasteiger partial charge in [-0.3, -0.25) is 0 Å². The second kappa shape index (κ2) is 6.79. The summed E-state index contributed by atoms with van der Waals surface area (Å²) in [7, 11) is -3.68. The van der Waals surface area contributed by atoms with Crippen molar-refractivity contribution in [1.29, 1.82) is 0 Å². The van der Waals surface area contributed by atoms with Crippen LogP contribution in [0, 0.1) is 5.82 Å². The monoisotopic (exact) mass is 276 g/mol. The zero-order chi connectivity index (χ0) is 13.6. The van der Waals surface area contributed by atoms with E-state index in [1.807, 2.05) is 0 Å². The van der Waals surface area contributed by atoms with Gasteiger partial charge in [-0.2, -0.15) is 0 Å². The van der Waals surface area contributed by atoms with Gasteiger partial charge in [0.25, 0.3) is 0 Å². The number of aliphatic hydroxyl groups is 1. The molecule has 0 heterocycles. The van der Waals surface area contributed by atoms with Gasteiger partial charge in [-0.25, -0.2) is 17.5 Å². The third kappa shape index (κ3) is 5.09. The molecule has 1 rings (SSSR count). The summed E-state index contributed by atoms with van der Waals surface area (Å²) in [5, 5.41) is 11.8. The van der Waals surface area contributed by atoms with Crippen LogP contribution in [0.2, 0.25) is 0 Å². The minimum atomic E-state index is -3.68. The molecule has 102 valence electrons. The highest BCUT2D eigenvalue weighted by Gasteiger charge is 2.13. The van der Waals surface area contributed by atoms with Crippen LogP contribution in [0.3, 0.4) is 0 Å². The standard InChI is InChI=1S/C11H17FN2O3S/c1-9(15)8-13-5-6-14-18(16,17)11-4-2-3-10(12)7-11/h2-4,7,9,13-15H,5-6,8H2,1H3. The van der Waals surface area contributed by atoms with E-state index in [0.717, 1.165) is 6.07 Å². The van der Waals surface area contributed by atoms with Crippen LogP contribution in [0.15, 0.2) is 29.2 Å². The molecule has 0 bridgehead atoms. The number of hydrogen-bond acceptors (Lipinski definition) is 4. The van der Waals surface area contributed by atoms with E-state index >= 15 is 0 Å². The van der Waals surface area contributed by atoms with E-state index in [1.54, 1.807) is 6.92 Å². The van der Waals surface area contributed by atoms with Crippen LogP contribution in [-0.4, -0.2) is 39.3 Å². The minimum Gasteiger partial charge on any atom is -0.392 e. The lowest BCUT2D eigenvalue weighted by Crippen LogP contribution is -2.34. The van der Waals surface area contributed by atoms with Gasteiger partial charge < -0.3 is 10.4 Å². The summed E-state index contributed by atoms with van der Waals surface area (Å²) in [4.78, 5) is -0.0990. The Morgan fingerprint density at radius 2 is 2.11 bits per heavy atom. The Bertz CT molecular complexity index is 477. The molecule has 0 aliphatic rings. The Hall–Kier alpha value is -1.02. The molecular formula is C11H17FN2O3S. The average molecular weight is 276 g/mol. The quantitative estimate of drug-likeness (QED) is 0.616. The zero-order valence-corrected chi connectivity index (χ0v) is 10.9. The highest BCUT2D eigenvalue weighted by atomic mass is 32.2. The van der Waals surface area contributed by atoms with Crippen molar-refractivity contribution in [2.24, 2.45) is 0 Å². The van der Waals surface area contributed by atoms with E-state index in [-0.39, 0.29) is 11.4 Å². The van der Waals surface area contributed by atoms with Gasteiger partial charge in [0.1, 0.15) is 5.82 Å². The minimum absolute atomic E-state index is 0.0990. The van der Waals surface area contributed by atoms with Crippen molar-refractivity contribution in [2.45, 2.75) is 17.9 Å². The maximum atomic E-state index is 12.9. The van der Waals surface area contributed by atoms with Crippen molar-refractivity contribution < 1.29 is 17.9 Å². The second-order valence-corrected chi connectivity index (χ2v) is 5.68. The van der Waals surface area contributed by atoms with Crippen LogP contribution in [-0.2, 0) is 10.0 Å². The van der Waals surface area contributed by atoms with Gasteiger partial charge in [-0.1, -0.05) is 6.07 Å². The summed E-state index contributed by atoms with van der Waals surface area (Å²) >= 11 is 0. The molecule has 1 aromatic carbocycles. The van der Waals surface area contributed by atoms with Crippen molar-refractivity contribution in [3.63, 3.8) is 0 Å². The summed E-state index contributed by atoms with van der Waals surface area (Å²) in [5.41, 5.74) is 0. The summed E-state index contributed by atoms with van der Waals surface area (Å²) in [6.45, 7) is 2.58. The lowest BCUT2D eigenvalue weighted by atomic mass is 10.4. The third-order valence-electron chi connectivity index (χ3n) is 2.14. The first kappa shape index (κ1) is 15.0. The molecule has 0 aliphatic carbocycles. The van der Waals surface area contributed by atoms with Crippen molar-refractivity contribution in [1.82, 2.24) is 10.0 Å². The van der Waals surface area contributed by atoms with Gasteiger partial charge in [0, 0.05) is 19.6 Å². The number of nitrogens with one attached hydrogen (secondary N) is 2. The molecule has 0 saturated carbocycles. The van der Waals surface area contributed by atoms with E-state index in [2.05, 4.69) is 10.0 Å². The molecule has 1 unspecified atom stereocenters. The smallest absolute Gasteiger partial charge is 0.240 e. The summed E-state index contributed by atoms with van der Waals surface area (Å²) < 4.78 is 38.7. The highest BCUT2D eigenvalue weighted by molar-refractivity contribution is 7.89. The normalized spacial score (nSPS) is 13.5. The van der Waals surface area contributed by atoms with Gasteiger partial charge in [-0.15, -0.1) is 0 Å². The highest BCUT2D eigenvalue weighted by Crippen LogP contribution is 2.09. The number of hydrogen-bond donors (Lipinski definition) is 3. The average Bonchev–Trinajstić information content (AvgIpc) is 2.28. The molecule has 0 fully saturated rings. The number of rotatable bonds is 7. The fourth-order valence-corrected chi connectivity index (χ4v) is 2.37. The Labute approximate surface area is 106 Å². The van der Waals surface area contributed by atoms with E-state index in [9.17, 15) is 12.8 Å². The number of benzene rings is 1. The molecule has 0 radical (unpaired) electrons. The molecule has 7 heteroatoms. The molecule has 0 amide bonds. The lowest BCUT2D eigenvalue weighted by Gasteiger charge is -2.09. The Balaban J connectivity index is 2.46. The molecule has 1 atom stereocenters. The summed E-state index contributed by atoms with van der Waals surface area (Å²) in [6, 6.07) is 4.82. The van der Waals surface area contributed by atoms with E-state index in [4.69, 9.17) is 5.11 Å². The molecule has 18 heavy (non-hydrogen) atoms. The Morgan fingerprint density at radius 1 is 1.39 bits per heavy atom. The first-order valence-electron chi connectivity index (χ1n) is 5.56. The van der Waals surface area contributed by atoms with Crippen LogP contribution in [0.25, 0.3) is 0 Å². The fraction of sp³-hybridized carbons (Fsp3) is 0.455. The second-order valence-electron chi connectivity index (χ2n) is 3.91. The predicted octanol–water partition coefficient (Wildman–Crippen LogP) is 0.0744. The van der Waals surface area contributed by atoms with E-state index in [1.165, 1.54) is 18.2 Å². The fourth-order valence-electron chi connectivity index (χ4n) is 1.30. The first-order valence-corrected chi connectivity index (χ1v) is 7.04. The molecule has 0 aromatic heterocycles. The number of halogens is 1. The van der Waals surface area contributed by atoms with Crippen LogP contribution in [0.5, 0.6) is 0 Å². The predicted molar refractivity (Wildman–Crippen MR) is 66.1 cm³/mol. The summed E-state index contributed by atoms with van der Waals surface area (Å²) in [5.74, 6) is -0.592. The molecular weight excluding hydrogens is 259 g/mol. The largest absolute Gasteiger partial charge is 0.392 e. The topological polar surface area (TPSA) is 78.4 Å². The molecule has 0 saturated heterocycles. The molecule has 3 N–H and O–H groups in total. The van der Waals surface area contributed by atoms with Crippen molar-refractivity contribution in [3.05, 3.63) is 30.1 Å². The lowest BCUT2D eigenvalue weighted by molar-refractivity contribution is 0.192. The van der Waals surface area contributed by atoms with Crippen molar-refractivity contribution in [2.75, 3.05) is 19.6 Å². The molecule has 1 aromatic rings. The van der Waals surface area contributed by atoms with Gasteiger partial charge in [0.15, 0.2) is 0 Å². The SMILES string of the molecule is CC(O)CNCCNS(=O)(=O)c1cccc(F)c1. The Kier molecular flexibility index (Phi) is 5.67. The van der Waals surface area contributed by atoms with Gasteiger partial charge in [0.2, 0.25) is 10.0 Å². The number of aliphatic hydroxyl groups excluding tert-OH is 1. The Morgan fingerprint density at radius 3 is 2.72 bits per heavy atom. The molecule has 5 nitrogen and oxygen atoms in total. The van der Waals surface area contributed by atoms with Crippen LogP contribution in [0.4, 0.5) is 4.39 Å². The van der Waals surface area contributed by atoms with Crippen molar-refractivity contribution >= 4 is 10.0 Å². The maximum absolute atomic E-state index is 12.9. The first-order chi connectivity index (χ1) is 8.42. The molecule has 0 aliphatic heterocycles. The van der Waals surface area contributed by atoms with Gasteiger partial charge in [0.05, 0.1) is 11.0 Å². The third-order valence-corrected chi connectivity index (χ3v) is 3.60. The molecule has 0 spiro atoms. The van der Waals surface area contributed by atoms with Crippen LogP contribution >= 0.6 is 0 Å². The van der Waals surface area contributed by atoms with Gasteiger partial charge >= 0.3 is 0 Å². The number of sulfonamides is 1. The summed E-state index contributed by atoms with van der Waals surface area (Å²) in [6.07, 6.45) is -0.482. The van der Waals surface area contributed by atoms with E-state index in [0.29, 0.717) is 13.1 Å². The van der Waals surface area contributed by atoms with E-state index < -0.39 is 21.9 Å². The van der Waals surface area contributed by atoms with Crippen LogP contribution in [0.1, 0.15) is 6.92 Å². The van der Waals surface area contributed by atoms with Crippen LogP contribution < -0.4 is 10.0 Å². The van der Waals surface area contributed by atoms with Crippen molar-refractivity contribution in [3.8, 4) is 0 Å². The maximum Gasteiger partial charge on any atom is 0.240 e.